The van der Waals surface area contributed by atoms with Gasteiger partial charge in [-0.05, 0) is 55.7 Å². The topological polar surface area (TPSA) is 52.6 Å². The van der Waals surface area contributed by atoms with Gasteiger partial charge in [-0.15, -0.1) is 10.2 Å². The quantitative estimate of drug-likeness (QED) is 0.812. The molecule has 2 aromatic rings. The maximum absolute atomic E-state index is 12.6. The molecule has 1 aromatic carbocycles. The summed E-state index contributed by atoms with van der Waals surface area (Å²) in [4.78, 5) is 19.0. The summed E-state index contributed by atoms with van der Waals surface area (Å²) in [5, 5.41) is 9.50. The number of carbonyl (C=O) groups is 1. The average molecular weight is 386 g/mol. The van der Waals surface area contributed by atoms with Gasteiger partial charge in [0.2, 0.25) is 0 Å². The van der Waals surface area contributed by atoms with Crippen molar-refractivity contribution in [2.45, 2.75) is 19.3 Å². The van der Waals surface area contributed by atoms with Crippen LogP contribution in [0.1, 0.15) is 29.6 Å². The predicted molar refractivity (Wildman–Crippen MR) is 108 cm³/mol. The van der Waals surface area contributed by atoms with Gasteiger partial charge in [-0.3, -0.25) is 4.79 Å². The van der Waals surface area contributed by atoms with E-state index in [0.29, 0.717) is 23.7 Å². The van der Waals surface area contributed by atoms with Crippen LogP contribution in [0.5, 0.6) is 0 Å². The first-order valence-corrected chi connectivity index (χ1v) is 9.97. The highest BCUT2D eigenvalue weighted by Gasteiger charge is 2.23. The van der Waals surface area contributed by atoms with Crippen molar-refractivity contribution in [1.29, 1.82) is 0 Å². The molecule has 2 aliphatic rings. The largest absolute Gasteiger partial charge is 0.355 e. The standard InChI is InChI=1S/C20H24ClN5O/c21-17-6-4-16(5-7-17)20(27)26-14-12-25(13-15-26)19-9-8-18(22-23-19)24-10-2-1-3-11-24/h4-9H,1-3,10-15H2. The second-order valence-corrected chi connectivity index (χ2v) is 7.52. The Morgan fingerprint density at radius 3 is 1.85 bits per heavy atom. The van der Waals surface area contributed by atoms with Crippen LogP contribution < -0.4 is 9.80 Å². The van der Waals surface area contributed by atoms with Crippen LogP contribution in [-0.4, -0.2) is 60.3 Å². The summed E-state index contributed by atoms with van der Waals surface area (Å²) in [7, 11) is 0. The first kappa shape index (κ1) is 18.0. The van der Waals surface area contributed by atoms with E-state index >= 15 is 0 Å². The number of rotatable bonds is 3. The van der Waals surface area contributed by atoms with Crippen molar-refractivity contribution in [2.75, 3.05) is 49.1 Å². The maximum atomic E-state index is 12.6. The summed E-state index contributed by atoms with van der Waals surface area (Å²) in [5.74, 6) is 1.90. The zero-order chi connectivity index (χ0) is 18.6. The lowest BCUT2D eigenvalue weighted by molar-refractivity contribution is 0.0746. The fourth-order valence-electron chi connectivity index (χ4n) is 3.69. The number of benzene rings is 1. The normalized spacial score (nSPS) is 17.9. The minimum Gasteiger partial charge on any atom is -0.355 e. The van der Waals surface area contributed by atoms with Crippen LogP contribution in [0.4, 0.5) is 11.6 Å². The summed E-state index contributed by atoms with van der Waals surface area (Å²) in [6.07, 6.45) is 3.76. The van der Waals surface area contributed by atoms with Crippen LogP contribution >= 0.6 is 11.6 Å². The summed E-state index contributed by atoms with van der Waals surface area (Å²) in [6, 6.07) is 11.2. The van der Waals surface area contributed by atoms with Gasteiger partial charge in [-0.2, -0.15) is 0 Å². The van der Waals surface area contributed by atoms with Crippen molar-refractivity contribution in [3.63, 3.8) is 0 Å². The molecule has 0 aliphatic carbocycles. The third kappa shape index (κ3) is 4.16. The number of carbonyl (C=O) groups excluding carboxylic acids is 1. The maximum Gasteiger partial charge on any atom is 0.253 e. The molecule has 1 aromatic heterocycles. The molecule has 3 heterocycles. The highest BCUT2D eigenvalue weighted by molar-refractivity contribution is 6.30. The molecule has 2 saturated heterocycles. The molecule has 2 fully saturated rings. The molecule has 1 amide bonds. The van der Waals surface area contributed by atoms with E-state index in [2.05, 4.69) is 26.1 Å². The Balaban J connectivity index is 1.34. The number of hydrogen-bond acceptors (Lipinski definition) is 5. The Labute approximate surface area is 164 Å². The number of aromatic nitrogens is 2. The lowest BCUT2D eigenvalue weighted by Crippen LogP contribution is -2.49. The van der Waals surface area contributed by atoms with Crippen molar-refractivity contribution in [3.05, 3.63) is 47.0 Å². The Kier molecular flexibility index (Phi) is 5.43. The van der Waals surface area contributed by atoms with Crippen molar-refractivity contribution in [2.24, 2.45) is 0 Å². The van der Waals surface area contributed by atoms with E-state index in [1.54, 1.807) is 24.3 Å². The summed E-state index contributed by atoms with van der Waals surface area (Å²) >= 11 is 5.90. The Morgan fingerprint density at radius 2 is 1.30 bits per heavy atom. The number of anilines is 2. The molecule has 0 atom stereocenters. The molecule has 0 bridgehead atoms. The SMILES string of the molecule is O=C(c1ccc(Cl)cc1)N1CCN(c2ccc(N3CCCCC3)nn2)CC1. The van der Waals surface area contributed by atoms with E-state index in [9.17, 15) is 4.79 Å². The van der Waals surface area contributed by atoms with Crippen LogP contribution in [0, 0.1) is 0 Å². The second-order valence-electron chi connectivity index (χ2n) is 7.08. The smallest absolute Gasteiger partial charge is 0.253 e. The molecule has 0 N–H and O–H groups in total. The molecule has 142 valence electrons. The number of halogens is 1. The Hall–Kier alpha value is -2.34. The number of hydrogen-bond donors (Lipinski definition) is 0. The highest BCUT2D eigenvalue weighted by Crippen LogP contribution is 2.20. The van der Waals surface area contributed by atoms with E-state index in [-0.39, 0.29) is 5.91 Å². The van der Waals surface area contributed by atoms with E-state index in [4.69, 9.17) is 11.6 Å². The Bertz CT molecular complexity index is 766. The highest BCUT2D eigenvalue weighted by atomic mass is 35.5. The predicted octanol–water partition coefficient (Wildman–Crippen LogP) is 3.08. The van der Waals surface area contributed by atoms with Gasteiger partial charge in [-0.1, -0.05) is 11.6 Å². The molecule has 6 nitrogen and oxygen atoms in total. The van der Waals surface area contributed by atoms with Gasteiger partial charge in [0.15, 0.2) is 11.6 Å². The Morgan fingerprint density at radius 1 is 0.741 bits per heavy atom. The molecule has 4 rings (SSSR count). The van der Waals surface area contributed by atoms with E-state index in [0.717, 1.165) is 37.8 Å². The average Bonchev–Trinajstić information content (AvgIpc) is 2.75. The number of amides is 1. The van der Waals surface area contributed by atoms with Gasteiger partial charge in [0, 0.05) is 49.9 Å². The molecule has 0 saturated carbocycles. The number of nitrogens with zero attached hydrogens (tertiary/aromatic N) is 5. The third-order valence-corrected chi connectivity index (χ3v) is 5.55. The van der Waals surface area contributed by atoms with E-state index in [1.165, 1.54) is 19.3 Å². The summed E-state index contributed by atoms with van der Waals surface area (Å²) in [5.41, 5.74) is 0.679. The van der Waals surface area contributed by atoms with Gasteiger partial charge >= 0.3 is 0 Å². The first-order valence-electron chi connectivity index (χ1n) is 9.59. The second kappa shape index (κ2) is 8.13. The number of piperidine rings is 1. The lowest BCUT2D eigenvalue weighted by atomic mass is 10.1. The van der Waals surface area contributed by atoms with Crippen molar-refractivity contribution in [3.8, 4) is 0 Å². The van der Waals surface area contributed by atoms with E-state index < -0.39 is 0 Å². The molecule has 0 spiro atoms. The zero-order valence-electron chi connectivity index (χ0n) is 15.4. The molecule has 0 radical (unpaired) electrons. The van der Waals surface area contributed by atoms with Crippen LogP contribution in [0.15, 0.2) is 36.4 Å². The lowest BCUT2D eigenvalue weighted by Gasteiger charge is -2.35. The summed E-state index contributed by atoms with van der Waals surface area (Å²) < 4.78 is 0. The monoisotopic (exact) mass is 385 g/mol. The van der Waals surface area contributed by atoms with Crippen LogP contribution in [0.25, 0.3) is 0 Å². The first-order chi connectivity index (χ1) is 13.2. The molecule has 27 heavy (non-hydrogen) atoms. The van der Waals surface area contributed by atoms with E-state index in [1.807, 2.05) is 11.0 Å². The molecular weight excluding hydrogens is 362 g/mol. The summed E-state index contributed by atoms with van der Waals surface area (Å²) in [6.45, 7) is 5.02. The molecule has 0 unspecified atom stereocenters. The van der Waals surface area contributed by atoms with Gasteiger partial charge in [0.1, 0.15) is 0 Å². The van der Waals surface area contributed by atoms with Crippen molar-refractivity contribution < 1.29 is 4.79 Å². The molecule has 7 heteroatoms. The van der Waals surface area contributed by atoms with Crippen molar-refractivity contribution in [1.82, 2.24) is 15.1 Å². The van der Waals surface area contributed by atoms with Crippen molar-refractivity contribution >= 4 is 29.1 Å². The third-order valence-electron chi connectivity index (χ3n) is 5.30. The fourth-order valence-corrected chi connectivity index (χ4v) is 3.82. The van der Waals surface area contributed by atoms with Gasteiger partial charge in [-0.25, -0.2) is 0 Å². The minimum atomic E-state index is 0.0536. The number of piperazine rings is 1. The van der Waals surface area contributed by atoms with Crippen LogP contribution in [-0.2, 0) is 0 Å². The molecular formula is C20H24ClN5O. The zero-order valence-corrected chi connectivity index (χ0v) is 16.1. The molecule has 2 aliphatic heterocycles. The fraction of sp³-hybridized carbons (Fsp3) is 0.450. The van der Waals surface area contributed by atoms with Gasteiger partial charge in [0.25, 0.3) is 5.91 Å². The van der Waals surface area contributed by atoms with Crippen LogP contribution in [0.3, 0.4) is 0 Å². The van der Waals surface area contributed by atoms with Crippen LogP contribution in [0.2, 0.25) is 5.02 Å². The van der Waals surface area contributed by atoms with Gasteiger partial charge in [0.05, 0.1) is 0 Å². The van der Waals surface area contributed by atoms with Gasteiger partial charge < -0.3 is 14.7 Å². The minimum absolute atomic E-state index is 0.0536.